The fourth-order valence-electron chi connectivity index (χ4n) is 4.78. The van der Waals surface area contributed by atoms with E-state index in [1.165, 1.54) is 12.1 Å². The molecule has 0 unspecified atom stereocenters. The maximum absolute atomic E-state index is 14.0. The molecule has 0 saturated carbocycles. The largest absolute Gasteiger partial charge is 0.494 e. The maximum atomic E-state index is 14.0. The molecule has 0 aliphatic carbocycles. The van der Waals surface area contributed by atoms with Gasteiger partial charge in [0.25, 0.3) is 5.91 Å². The van der Waals surface area contributed by atoms with Gasteiger partial charge < -0.3 is 19.9 Å². The Bertz CT molecular complexity index is 1470. The summed E-state index contributed by atoms with van der Waals surface area (Å²) in [6.07, 6.45) is 1.49. The highest BCUT2D eigenvalue weighted by Gasteiger charge is 2.52. The SMILES string of the molecule is C=CC[C@@]1(C(=O)NCCc2cc(F)cc(F)c2)N=C(c2ccc(OCCCO)cc2)O[C@@H]1c1ccccc1CN=[N+]=[N-]. The highest BCUT2D eigenvalue weighted by molar-refractivity contribution is 6.01. The van der Waals surface area contributed by atoms with Gasteiger partial charge in [0, 0.05) is 42.5 Å². The number of benzene rings is 3. The van der Waals surface area contributed by atoms with E-state index in [1.807, 2.05) is 0 Å². The first-order valence-corrected chi connectivity index (χ1v) is 13.4. The predicted octanol–water partition coefficient (Wildman–Crippen LogP) is 5.73. The summed E-state index contributed by atoms with van der Waals surface area (Å²) >= 11 is 0. The van der Waals surface area contributed by atoms with Crippen molar-refractivity contribution in [1.29, 1.82) is 0 Å². The van der Waals surface area contributed by atoms with Crippen molar-refractivity contribution >= 4 is 11.8 Å². The number of nitrogens with one attached hydrogen (secondary N) is 1. The van der Waals surface area contributed by atoms with Gasteiger partial charge in [-0.1, -0.05) is 35.5 Å². The number of amides is 1. The number of aliphatic hydroxyl groups is 1. The Labute approximate surface area is 242 Å². The van der Waals surface area contributed by atoms with Crippen molar-refractivity contribution in [3.63, 3.8) is 0 Å². The molecule has 0 bridgehead atoms. The van der Waals surface area contributed by atoms with Crippen LogP contribution < -0.4 is 10.1 Å². The van der Waals surface area contributed by atoms with Gasteiger partial charge in [0.2, 0.25) is 5.90 Å². The Kier molecular flexibility index (Phi) is 10.3. The van der Waals surface area contributed by atoms with Gasteiger partial charge in [0.1, 0.15) is 17.4 Å². The van der Waals surface area contributed by atoms with Crippen LogP contribution in [0.2, 0.25) is 0 Å². The van der Waals surface area contributed by atoms with Gasteiger partial charge >= 0.3 is 0 Å². The van der Waals surface area contributed by atoms with Gasteiger partial charge in [-0.2, -0.15) is 0 Å². The number of carbonyl (C=O) groups excluding carboxylic acids is 1. The lowest BCUT2D eigenvalue weighted by molar-refractivity contribution is -0.128. The van der Waals surface area contributed by atoms with Crippen LogP contribution in [0, 0.1) is 11.6 Å². The quantitative estimate of drug-likeness (QED) is 0.0836. The van der Waals surface area contributed by atoms with Crippen LogP contribution in [0.5, 0.6) is 5.75 Å². The van der Waals surface area contributed by atoms with Gasteiger partial charge in [-0.25, -0.2) is 13.8 Å². The zero-order chi connectivity index (χ0) is 30.0. The first-order valence-electron chi connectivity index (χ1n) is 13.4. The average molecular weight is 576 g/mol. The minimum absolute atomic E-state index is 0.0256. The summed E-state index contributed by atoms with van der Waals surface area (Å²) in [6, 6.07) is 17.4. The summed E-state index contributed by atoms with van der Waals surface area (Å²) in [6.45, 7) is 4.38. The first-order chi connectivity index (χ1) is 20.4. The topological polar surface area (TPSA) is 129 Å². The number of halogens is 2. The highest BCUT2D eigenvalue weighted by atomic mass is 19.1. The molecule has 4 rings (SSSR count). The molecule has 1 aliphatic heterocycles. The number of aliphatic imine (C=N–C) groups is 1. The first kappa shape index (κ1) is 30.2. The molecular weight excluding hydrogens is 544 g/mol. The third-order valence-corrected chi connectivity index (χ3v) is 6.75. The number of nitrogens with zero attached hydrogens (tertiary/aromatic N) is 4. The van der Waals surface area contributed by atoms with Gasteiger partial charge in [0.05, 0.1) is 13.2 Å². The molecule has 11 heteroatoms. The summed E-state index contributed by atoms with van der Waals surface area (Å²) in [5.41, 5.74) is 9.74. The Morgan fingerprint density at radius 2 is 1.93 bits per heavy atom. The van der Waals surface area contributed by atoms with Crippen LogP contribution in [0.25, 0.3) is 10.4 Å². The van der Waals surface area contributed by atoms with E-state index in [0.29, 0.717) is 41.0 Å². The molecule has 1 heterocycles. The Hall–Kier alpha value is -4.73. The van der Waals surface area contributed by atoms with Crippen LogP contribution in [0.3, 0.4) is 0 Å². The number of aliphatic hydroxyl groups excluding tert-OH is 1. The molecule has 2 N–H and O–H groups in total. The molecule has 0 spiro atoms. The molecular formula is C31H31F2N5O4. The number of azide groups is 1. The standard InChI is InChI=1S/C31H31F2N5O4/c1-2-13-31(30(40)35-14-12-21-17-24(32)19-25(33)18-21)28(27-7-4-3-6-23(27)20-36-38-34)42-29(37-31)22-8-10-26(11-9-22)41-16-5-15-39/h2-4,6-11,17-19,28,39H,1,5,12-16,20H2,(H,35,40)/t28-,31-/m1/s1. The number of ether oxygens (including phenoxy) is 2. The van der Waals surface area contributed by atoms with Crippen LogP contribution in [0.15, 0.2) is 89.5 Å². The molecule has 3 aromatic carbocycles. The molecule has 9 nitrogen and oxygen atoms in total. The van der Waals surface area contributed by atoms with Crippen molar-refractivity contribution in [2.75, 3.05) is 19.8 Å². The van der Waals surface area contributed by atoms with Gasteiger partial charge in [-0.3, -0.25) is 4.79 Å². The van der Waals surface area contributed by atoms with E-state index in [9.17, 15) is 13.6 Å². The lowest BCUT2D eigenvalue weighted by Gasteiger charge is -2.30. The molecule has 2 atom stereocenters. The zero-order valence-corrected chi connectivity index (χ0v) is 22.9. The van der Waals surface area contributed by atoms with Gasteiger partial charge in [0.15, 0.2) is 11.6 Å². The molecule has 3 aromatic rings. The number of hydrogen-bond donors (Lipinski definition) is 2. The van der Waals surface area contributed by atoms with E-state index in [-0.39, 0.29) is 38.4 Å². The van der Waals surface area contributed by atoms with Crippen LogP contribution in [0.1, 0.15) is 41.2 Å². The van der Waals surface area contributed by atoms with Crippen molar-refractivity contribution in [2.45, 2.75) is 37.5 Å². The molecule has 1 aliphatic rings. The third kappa shape index (κ3) is 7.12. The van der Waals surface area contributed by atoms with Crippen molar-refractivity contribution in [1.82, 2.24) is 5.32 Å². The normalized spacial score (nSPS) is 17.5. The Balaban J connectivity index is 1.68. The lowest BCUT2D eigenvalue weighted by Crippen LogP contribution is -2.48. The number of carbonyl (C=O) groups is 1. The smallest absolute Gasteiger partial charge is 0.252 e. The Morgan fingerprint density at radius 1 is 1.19 bits per heavy atom. The number of rotatable bonds is 14. The second kappa shape index (κ2) is 14.2. The van der Waals surface area contributed by atoms with Crippen LogP contribution in [0.4, 0.5) is 8.78 Å². The second-order valence-corrected chi connectivity index (χ2v) is 9.65. The van der Waals surface area contributed by atoms with E-state index in [2.05, 4.69) is 21.9 Å². The molecule has 0 radical (unpaired) electrons. The minimum atomic E-state index is -1.48. The second-order valence-electron chi connectivity index (χ2n) is 9.65. The molecule has 0 aromatic heterocycles. The monoisotopic (exact) mass is 575 g/mol. The summed E-state index contributed by atoms with van der Waals surface area (Å²) in [4.78, 5) is 21.6. The average Bonchev–Trinajstić information content (AvgIpc) is 3.36. The minimum Gasteiger partial charge on any atom is -0.494 e. The van der Waals surface area contributed by atoms with Crippen molar-refractivity contribution in [3.8, 4) is 5.75 Å². The van der Waals surface area contributed by atoms with Crippen molar-refractivity contribution in [2.24, 2.45) is 10.1 Å². The van der Waals surface area contributed by atoms with E-state index >= 15 is 0 Å². The maximum Gasteiger partial charge on any atom is 0.252 e. The lowest BCUT2D eigenvalue weighted by atomic mass is 9.82. The van der Waals surface area contributed by atoms with Gasteiger partial charge in [-0.05, 0) is 65.0 Å². The number of hydrogen-bond acceptors (Lipinski definition) is 6. The zero-order valence-electron chi connectivity index (χ0n) is 22.9. The fourth-order valence-corrected chi connectivity index (χ4v) is 4.78. The molecule has 218 valence electrons. The predicted molar refractivity (Wildman–Crippen MR) is 154 cm³/mol. The van der Waals surface area contributed by atoms with Crippen molar-refractivity contribution in [3.05, 3.63) is 124 Å². The fraction of sp³-hybridized carbons (Fsp3) is 0.290. The van der Waals surface area contributed by atoms with Crippen LogP contribution in [-0.4, -0.2) is 42.2 Å². The molecule has 42 heavy (non-hydrogen) atoms. The summed E-state index contributed by atoms with van der Waals surface area (Å²) < 4.78 is 39.4. The molecule has 0 saturated heterocycles. The summed E-state index contributed by atoms with van der Waals surface area (Å²) in [5, 5.41) is 15.6. The highest BCUT2D eigenvalue weighted by Crippen LogP contribution is 2.44. The van der Waals surface area contributed by atoms with Crippen molar-refractivity contribution < 1.29 is 28.2 Å². The van der Waals surface area contributed by atoms with Crippen LogP contribution in [-0.2, 0) is 22.5 Å². The van der Waals surface area contributed by atoms with Crippen LogP contribution >= 0.6 is 0 Å². The molecule has 0 fully saturated rings. The summed E-state index contributed by atoms with van der Waals surface area (Å²) in [7, 11) is 0. The van der Waals surface area contributed by atoms with E-state index in [0.717, 1.165) is 6.07 Å². The molecule has 1 amide bonds. The summed E-state index contributed by atoms with van der Waals surface area (Å²) in [5.74, 6) is -1.02. The van der Waals surface area contributed by atoms with E-state index < -0.39 is 29.2 Å². The van der Waals surface area contributed by atoms with Gasteiger partial charge in [-0.15, -0.1) is 6.58 Å². The van der Waals surface area contributed by atoms with E-state index in [1.54, 1.807) is 54.6 Å². The third-order valence-electron chi connectivity index (χ3n) is 6.75. The Morgan fingerprint density at radius 3 is 2.62 bits per heavy atom. The van der Waals surface area contributed by atoms with E-state index in [4.69, 9.17) is 25.1 Å².